The van der Waals surface area contributed by atoms with E-state index in [1.54, 1.807) is 25.1 Å². The van der Waals surface area contributed by atoms with E-state index in [-0.39, 0.29) is 64.7 Å². The number of methoxy groups -OCH3 is 2. The van der Waals surface area contributed by atoms with Crippen molar-refractivity contribution >= 4 is 29.1 Å². The van der Waals surface area contributed by atoms with Crippen molar-refractivity contribution in [2.24, 2.45) is 5.92 Å². The highest BCUT2D eigenvalue weighted by Gasteiger charge is 2.61. The molecule has 46 heavy (non-hydrogen) atoms. The van der Waals surface area contributed by atoms with Gasteiger partial charge in [-0.05, 0) is 24.1 Å². The Labute approximate surface area is 274 Å². The predicted octanol–water partition coefficient (Wildman–Crippen LogP) is 6.86. The van der Waals surface area contributed by atoms with Crippen LogP contribution in [0.5, 0.6) is 28.7 Å². The number of ketones is 2. The van der Waals surface area contributed by atoms with Crippen molar-refractivity contribution in [3.05, 3.63) is 51.7 Å². The van der Waals surface area contributed by atoms with E-state index in [2.05, 4.69) is 12.2 Å². The van der Waals surface area contributed by atoms with Crippen LogP contribution in [0.2, 0.25) is 5.02 Å². The van der Waals surface area contributed by atoms with Gasteiger partial charge in [0.15, 0.2) is 28.8 Å². The molecule has 1 spiro atoms. The average Bonchev–Trinajstić information content (AvgIpc) is 3.64. The van der Waals surface area contributed by atoms with E-state index in [9.17, 15) is 19.5 Å². The number of fused-ring (bicyclic) bond motifs is 2. The minimum atomic E-state index is -1.96. The van der Waals surface area contributed by atoms with Crippen LogP contribution in [0, 0.1) is 5.92 Å². The fraction of sp³-hybridized carbons (Fsp3) is 0.514. The third kappa shape index (κ3) is 6.11. The van der Waals surface area contributed by atoms with Gasteiger partial charge >= 0.3 is 0 Å². The van der Waals surface area contributed by atoms with Crippen LogP contribution in [-0.2, 0) is 9.59 Å². The molecule has 0 bridgehead atoms. The molecule has 0 saturated carbocycles. The highest BCUT2D eigenvalue weighted by molar-refractivity contribution is 6.35. The number of aliphatic hydroxyl groups is 1. The number of carbonyl (C=O) groups is 3. The van der Waals surface area contributed by atoms with E-state index in [1.165, 1.54) is 46.0 Å². The molecule has 2 aromatic rings. The number of ether oxygens (including phenoxy) is 5. The second-order valence-electron chi connectivity index (χ2n) is 12.1. The summed E-state index contributed by atoms with van der Waals surface area (Å²) in [5.41, 5.74) is -1.42. The molecule has 3 aliphatic rings. The van der Waals surface area contributed by atoms with Gasteiger partial charge in [0.2, 0.25) is 24.1 Å². The Balaban J connectivity index is 1.49. The molecule has 0 aromatic heterocycles. The number of halogens is 1. The van der Waals surface area contributed by atoms with Gasteiger partial charge in [-0.25, -0.2) is 0 Å². The molecule has 1 unspecified atom stereocenters. The lowest BCUT2D eigenvalue weighted by atomic mass is 9.69. The van der Waals surface area contributed by atoms with Gasteiger partial charge in [0.05, 0.1) is 14.2 Å². The highest BCUT2D eigenvalue weighted by atomic mass is 35.5. The first-order valence-corrected chi connectivity index (χ1v) is 16.4. The summed E-state index contributed by atoms with van der Waals surface area (Å²) in [5, 5.41) is 15.1. The van der Waals surface area contributed by atoms with Gasteiger partial charge in [-0.1, -0.05) is 70.0 Å². The number of hydrogen-bond donors (Lipinski definition) is 2. The molecule has 0 radical (unpaired) electrons. The van der Waals surface area contributed by atoms with Crippen LogP contribution in [0.25, 0.3) is 0 Å². The van der Waals surface area contributed by atoms with Gasteiger partial charge in [0.25, 0.3) is 0 Å². The molecule has 2 heterocycles. The Morgan fingerprint density at radius 1 is 1.04 bits per heavy atom. The summed E-state index contributed by atoms with van der Waals surface area (Å²) in [5.74, 6) is -2.11. The Kier molecular flexibility index (Phi) is 10.4. The Hall–Kier alpha value is -3.92. The fourth-order valence-electron chi connectivity index (χ4n) is 6.62. The van der Waals surface area contributed by atoms with Crippen molar-refractivity contribution in [2.45, 2.75) is 83.2 Å². The quantitative estimate of drug-likeness (QED) is 0.210. The van der Waals surface area contributed by atoms with Crippen LogP contribution in [0.4, 0.5) is 0 Å². The normalized spacial score (nSPS) is 20.5. The first kappa shape index (κ1) is 33.4. The van der Waals surface area contributed by atoms with Gasteiger partial charge in [0, 0.05) is 42.9 Å². The van der Waals surface area contributed by atoms with Crippen LogP contribution in [0.3, 0.4) is 0 Å². The molecule has 1 amide bonds. The van der Waals surface area contributed by atoms with Crippen molar-refractivity contribution in [3.63, 3.8) is 0 Å². The van der Waals surface area contributed by atoms with Crippen LogP contribution in [-0.4, -0.2) is 55.7 Å². The van der Waals surface area contributed by atoms with E-state index >= 15 is 0 Å². The summed E-state index contributed by atoms with van der Waals surface area (Å²) in [6.07, 6.45) is 7.53. The van der Waals surface area contributed by atoms with E-state index in [1.807, 2.05) is 0 Å². The van der Waals surface area contributed by atoms with Gasteiger partial charge in [-0.2, -0.15) is 0 Å². The number of benzene rings is 2. The zero-order valence-corrected chi connectivity index (χ0v) is 27.6. The molecule has 2 N–H and O–H groups in total. The summed E-state index contributed by atoms with van der Waals surface area (Å²) >= 11 is 6.59. The summed E-state index contributed by atoms with van der Waals surface area (Å²) in [7, 11) is 2.82. The molecule has 11 heteroatoms. The largest absolute Gasteiger partial charge is 0.507 e. The molecule has 1 aliphatic carbocycles. The minimum absolute atomic E-state index is 0.00188. The third-order valence-electron chi connectivity index (χ3n) is 9.15. The molecular formula is C35H42ClNO9. The minimum Gasteiger partial charge on any atom is -0.507 e. The number of unbranched alkanes of at least 4 members (excludes halogenated alkanes) is 6. The summed E-state index contributed by atoms with van der Waals surface area (Å²) < 4.78 is 28.2. The van der Waals surface area contributed by atoms with Crippen LogP contribution >= 0.6 is 11.6 Å². The summed E-state index contributed by atoms with van der Waals surface area (Å²) in [6.45, 7) is 4.39. The second-order valence-corrected chi connectivity index (χ2v) is 12.5. The molecule has 2 aromatic carbocycles. The number of amides is 1. The Bertz CT molecular complexity index is 1540. The molecule has 3 atom stereocenters. The predicted molar refractivity (Wildman–Crippen MR) is 172 cm³/mol. The Morgan fingerprint density at radius 3 is 2.46 bits per heavy atom. The number of rotatable bonds is 14. The van der Waals surface area contributed by atoms with Crippen LogP contribution in [0.1, 0.15) is 93.5 Å². The van der Waals surface area contributed by atoms with Crippen molar-refractivity contribution in [3.8, 4) is 28.7 Å². The zero-order valence-electron chi connectivity index (χ0n) is 26.8. The number of allylic oxidation sites excluding steroid dienone is 1. The second kappa shape index (κ2) is 14.2. The Morgan fingerprint density at radius 2 is 1.74 bits per heavy atom. The van der Waals surface area contributed by atoms with E-state index < -0.39 is 29.0 Å². The first-order chi connectivity index (χ1) is 22.2. The smallest absolute Gasteiger partial charge is 0.231 e. The third-order valence-corrected chi connectivity index (χ3v) is 9.51. The van der Waals surface area contributed by atoms with E-state index in [0.29, 0.717) is 23.6 Å². The lowest BCUT2D eigenvalue weighted by molar-refractivity contribution is -0.121. The molecule has 2 aliphatic heterocycles. The zero-order chi connectivity index (χ0) is 33.0. The number of hydrogen-bond acceptors (Lipinski definition) is 9. The lowest BCUT2D eigenvalue weighted by Crippen LogP contribution is -2.53. The van der Waals surface area contributed by atoms with Gasteiger partial charge in [-0.15, -0.1) is 0 Å². The van der Waals surface area contributed by atoms with Crippen molar-refractivity contribution in [1.82, 2.24) is 5.32 Å². The van der Waals surface area contributed by atoms with Crippen molar-refractivity contribution < 1.29 is 43.2 Å². The monoisotopic (exact) mass is 655 g/mol. The maximum absolute atomic E-state index is 14.3. The topological polar surface area (TPSA) is 130 Å². The molecule has 0 saturated heterocycles. The molecule has 0 fully saturated rings. The number of carbonyl (C=O) groups excluding carboxylic acids is 3. The van der Waals surface area contributed by atoms with Crippen LogP contribution < -0.4 is 29.0 Å². The van der Waals surface area contributed by atoms with Gasteiger partial charge in [-0.3, -0.25) is 14.4 Å². The molecule has 248 valence electrons. The maximum Gasteiger partial charge on any atom is 0.231 e. The number of aliphatic hydroxyl groups excluding tert-OH is 1. The first-order valence-electron chi connectivity index (χ1n) is 16.0. The number of Topliss-reactive ketones (excluding diaryl/α,β-unsaturated/α-hetero) is 2. The van der Waals surface area contributed by atoms with E-state index in [4.69, 9.17) is 35.3 Å². The number of nitrogens with one attached hydrogen (secondary N) is 1. The average molecular weight is 656 g/mol. The highest BCUT2D eigenvalue weighted by Crippen LogP contribution is 2.56. The lowest BCUT2D eigenvalue weighted by Gasteiger charge is -2.38. The van der Waals surface area contributed by atoms with Crippen molar-refractivity contribution in [1.29, 1.82) is 0 Å². The maximum atomic E-state index is 14.3. The standard InChI is InChI=1S/C35H42ClNO9/c1-5-6-7-8-9-10-11-14-37-28(39)17-22(21-12-13-24-25(16-21)45-19-44-24)29-23(38)15-20(2)35(33(29)40)34(41)30-26(42-3)18-27(43-4)31(36)32(30)46-35/h12-13,16,18,20,22,40H,5-11,14-15,17,19H2,1-4H3,(H,37,39)/t20-,22?,35+/m1/s1. The SMILES string of the molecule is CCCCCCCCCNC(=O)CC(C1=C(O)[C@@]2(Oc3c(Cl)c(OC)cc(OC)c3C2=O)[C@H](C)CC1=O)c1ccc2c(c1)OCO2. The molecule has 10 nitrogen and oxygen atoms in total. The van der Waals surface area contributed by atoms with Crippen molar-refractivity contribution in [2.75, 3.05) is 27.6 Å². The molecular weight excluding hydrogens is 614 g/mol. The van der Waals surface area contributed by atoms with Gasteiger partial charge in [0.1, 0.15) is 22.1 Å². The van der Waals surface area contributed by atoms with Crippen LogP contribution in [0.15, 0.2) is 35.6 Å². The summed E-state index contributed by atoms with van der Waals surface area (Å²) in [4.78, 5) is 41.5. The van der Waals surface area contributed by atoms with Gasteiger partial charge < -0.3 is 34.1 Å². The summed E-state index contributed by atoms with van der Waals surface area (Å²) in [6, 6.07) is 6.61. The fourth-order valence-corrected chi connectivity index (χ4v) is 6.89. The van der Waals surface area contributed by atoms with E-state index in [0.717, 1.165) is 19.3 Å². The molecule has 5 rings (SSSR count).